The van der Waals surface area contributed by atoms with Gasteiger partial charge >= 0.3 is 0 Å². The van der Waals surface area contributed by atoms with E-state index in [0.717, 1.165) is 24.2 Å². The monoisotopic (exact) mass is 263 g/mol. The first-order chi connectivity index (χ1) is 9.04. The number of benzene rings is 1. The van der Waals surface area contributed by atoms with Gasteiger partial charge in [0.05, 0.1) is 6.04 Å². The summed E-state index contributed by atoms with van der Waals surface area (Å²) in [5.41, 5.74) is 0.571. The Morgan fingerprint density at radius 2 is 1.89 bits per heavy atom. The zero-order chi connectivity index (χ0) is 14.0. The number of ether oxygens (including phenoxy) is 1. The fourth-order valence-electron chi connectivity index (χ4n) is 2.94. The highest BCUT2D eigenvalue weighted by molar-refractivity contribution is 5.40. The van der Waals surface area contributed by atoms with Crippen LogP contribution in [0.4, 0.5) is 0 Å². The summed E-state index contributed by atoms with van der Waals surface area (Å²) >= 11 is 0. The van der Waals surface area contributed by atoms with Crippen molar-refractivity contribution in [2.45, 2.75) is 64.3 Å². The van der Waals surface area contributed by atoms with Crippen LogP contribution in [0, 0.1) is 0 Å². The van der Waals surface area contributed by atoms with Crippen LogP contribution in [0.2, 0.25) is 0 Å². The minimum absolute atomic E-state index is 0.0650. The molecule has 1 heterocycles. The summed E-state index contributed by atoms with van der Waals surface area (Å²) in [7, 11) is 0. The van der Waals surface area contributed by atoms with Crippen LogP contribution in [0.3, 0.4) is 0 Å². The lowest BCUT2D eigenvalue weighted by Crippen LogP contribution is -2.56. The van der Waals surface area contributed by atoms with Crippen LogP contribution in [0.1, 0.15) is 52.1 Å². The van der Waals surface area contributed by atoms with Gasteiger partial charge in [0.2, 0.25) is 0 Å². The van der Waals surface area contributed by atoms with Crippen molar-refractivity contribution in [2.24, 2.45) is 0 Å². The summed E-state index contributed by atoms with van der Waals surface area (Å²) in [6.45, 7) is 8.36. The molecule has 2 rings (SSSR count). The van der Waals surface area contributed by atoms with E-state index < -0.39 is 11.7 Å². The maximum atomic E-state index is 10.8. The van der Waals surface area contributed by atoms with Crippen LogP contribution < -0.4 is 10.1 Å². The topological polar surface area (TPSA) is 41.5 Å². The average molecular weight is 263 g/mol. The summed E-state index contributed by atoms with van der Waals surface area (Å²) in [6.07, 6.45) is 1.07. The van der Waals surface area contributed by atoms with Crippen molar-refractivity contribution < 1.29 is 9.84 Å². The lowest BCUT2D eigenvalue weighted by atomic mass is 9.80. The molecule has 3 nitrogen and oxygen atoms in total. The molecule has 0 amide bonds. The van der Waals surface area contributed by atoms with Crippen LogP contribution >= 0.6 is 0 Å². The van der Waals surface area contributed by atoms with E-state index in [1.54, 1.807) is 0 Å². The first kappa shape index (κ1) is 14.4. The van der Waals surface area contributed by atoms with Crippen molar-refractivity contribution >= 4 is 0 Å². The third kappa shape index (κ3) is 2.49. The fraction of sp³-hybridized carbons (Fsp3) is 0.625. The highest BCUT2D eigenvalue weighted by Crippen LogP contribution is 2.42. The van der Waals surface area contributed by atoms with E-state index >= 15 is 0 Å². The van der Waals surface area contributed by atoms with Gasteiger partial charge < -0.3 is 15.2 Å². The number of fused-ring (bicyclic) bond motifs is 1. The minimum atomic E-state index is -0.528. The number of aliphatic hydroxyl groups is 1. The van der Waals surface area contributed by atoms with Crippen molar-refractivity contribution in [3.05, 3.63) is 29.8 Å². The molecule has 2 N–H and O–H groups in total. The Bertz CT molecular complexity index is 427. The number of rotatable bonds is 4. The van der Waals surface area contributed by atoms with E-state index in [0.29, 0.717) is 6.04 Å². The van der Waals surface area contributed by atoms with Crippen LogP contribution in [0.15, 0.2) is 24.3 Å². The average Bonchev–Trinajstić information content (AvgIpc) is 2.41. The molecule has 1 aliphatic heterocycles. The molecule has 0 spiro atoms. The second kappa shape index (κ2) is 5.51. The smallest absolute Gasteiger partial charge is 0.136 e. The summed E-state index contributed by atoms with van der Waals surface area (Å²) in [5.74, 6) is 0.898. The van der Waals surface area contributed by atoms with Crippen LogP contribution in [0.5, 0.6) is 5.75 Å². The summed E-state index contributed by atoms with van der Waals surface area (Å²) in [5, 5.41) is 14.3. The van der Waals surface area contributed by atoms with Crippen molar-refractivity contribution in [3.63, 3.8) is 0 Å². The van der Waals surface area contributed by atoms with Gasteiger partial charge in [0.15, 0.2) is 0 Å². The normalized spacial score (nSPS) is 24.9. The van der Waals surface area contributed by atoms with Gasteiger partial charge in [-0.3, -0.25) is 0 Å². The van der Waals surface area contributed by atoms with E-state index in [4.69, 9.17) is 4.74 Å². The molecule has 1 aromatic rings. The lowest BCUT2D eigenvalue weighted by molar-refractivity contribution is -0.0932. The molecule has 0 saturated heterocycles. The molecule has 1 aromatic carbocycles. The molecule has 106 valence electrons. The van der Waals surface area contributed by atoms with Gasteiger partial charge in [-0.25, -0.2) is 0 Å². The Labute approximate surface area is 116 Å². The van der Waals surface area contributed by atoms with Gasteiger partial charge in [-0.15, -0.1) is 0 Å². The summed E-state index contributed by atoms with van der Waals surface area (Å²) in [6, 6.07) is 8.26. The molecule has 2 atom stereocenters. The van der Waals surface area contributed by atoms with E-state index in [1.807, 2.05) is 24.3 Å². The fourth-order valence-corrected chi connectivity index (χ4v) is 2.94. The predicted molar refractivity (Wildman–Crippen MR) is 77.4 cm³/mol. The van der Waals surface area contributed by atoms with Crippen LogP contribution in [-0.2, 0) is 0 Å². The molecule has 19 heavy (non-hydrogen) atoms. The highest BCUT2D eigenvalue weighted by Gasteiger charge is 2.46. The first-order valence-corrected chi connectivity index (χ1v) is 7.26. The molecule has 3 heteroatoms. The quantitative estimate of drug-likeness (QED) is 0.877. The number of hydrogen-bond donors (Lipinski definition) is 2. The Morgan fingerprint density at radius 1 is 1.26 bits per heavy atom. The van der Waals surface area contributed by atoms with E-state index in [-0.39, 0.29) is 6.04 Å². The minimum Gasteiger partial charge on any atom is -0.484 e. The van der Waals surface area contributed by atoms with Gasteiger partial charge in [-0.05, 0) is 18.9 Å². The Balaban J connectivity index is 2.45. The third-order valence-electron chi connectivity index (χ3n) is 4.13. The number of para-hydroxylation sites is 1. The maximum Gasteiger partial charge on any atom is 0.136 e. The summed E-state index contributed by atoms with van der Waals surface area (Å²) < 4.78 is 6.15. The molecular weight excluding hydrogens is 238 g/mol. The molecule has 0 unspecified atom stereocenters. The molecule has 0 aromatic heterocycles. The summed E-state index contributed by atoms with van der Waals surface area (Å²) in [4.78, 5) is 0. The zero-order valence-corrected chi connectivity index (χ0v) is 12.3. The van der Waals surface area contributed by atoms with Crippen molar-refractivity contribution in [2.75, 3.05) is 0 Å². The zero-order valence-electron chi connectivity index (χ0n) is 12.3. The van der Waals surface area contributed by atoms with E-state index in [1.165, 1.54) is 0 Å². The molecule has 0 bridgehead atoms. The maximum absolute atomic E-state index is 10.8. The lowest BCUT2D eigenvalue weighted by Gasteiger charge is -2.46. The largest absolute Gasteiger partial charge is 0.484 e. The second-order valence-electron chi connectivity index (χ2n) is 5.66. The van der Waals surface area contributed by atoms with Gasteiger partial charge in [-0.2, -0.15) is 0 Å². The predicted octanol–water partition coefficient (Wildman–Crippen LogP) is 3.04. The Hall–Kier alpha value is -1.06. The molecular formula is C16H25NO2. The van der Waals surface area contributed by atoms with Crippen LogP contribution in [0.25, 0.3) is 0 Å². The van der Waals surface area contributed by atoms with Gasteiger partial charge in [-0.1, -0.05) is 45.9 Å². The van der Waals surface area contributed by atoms with Gasteiger partial charge in [0.1, 0.15) is 17.5 Å². The molecule has 0 radical (unpaired) electrons. The molecule has 1 aliphatic rings. The Kier molecular flexibility index (Phi) is 4.16. The van der Waals surface area contributed by atoms with E-state index in [9.17, 15) is 5.11 Å². The van der Waals surface area contributed by atoms with Crippen molar-refractivity contribution in [1.29, 1.82) is 0 Å². The van der Waals surface area contributed by atoms with Gasteiger partial charge in [0, 0.05) is 11.6 Å². The van der Waals surface area contributed by atoms with Crippen molar-refractivity contribution in [3.8, 4) is 5.75 Å². The third-order valence-corrected chi connectivity index (χ3v) is 4.13. The Morgan fingerprint density at radius 3 is 2.47 bits per heavy atom. The molecule has 0 aliphatic carbocycles. The first-order valence-electron chi connectivity index (χ1n) is 7.26. The van der Waals surface area contributed by atoms with Gasteiger partial charge in [0.25, 0.3) is 0 Å². The number of nitrogens with one attached hydrogen (secondary N) is 1. The van der Waals surface area contributed by atoms with E-state index in [2.05, 4.69) is 33.0 Å². The molecule has 0 fully saturated rings. The van der Waals surface area contributed by atoms with Crippen LogP contribution in [-0.4, -0.2) is 22.9 Å². The standard InChI is InChI=1S/C16H25NO2/c1-5-16(6-2)15(18)14(17-11(3)4)12-9-7-8-10-13(12)19-16/h7-11,14-15,17-18H,5-6H2,1-4H3/t14-,15+/m0/s1. The molecule has 0 saturated carbocycles. The SMILES string of the molecule is CCC1(CC)Oc2ccccc2[C@H](NC(C)C)[C@H]1O. The number of hydrogen-bond acceptors (Lipinski definition) is 3. The number of aliphatic hydroxyl groups excluding tert-OH is 1. The van der Waals surface area contributed by atoms with Crippen molar-refractivity contribution in [1.82, 2.24) is 5.32 Å². The highest BCUT2D eigenvalue weighted by atomic mass is 16.5. The second-order valence-corrected chi connectivity index (χ2v) is 5.66.